The van der Waals surface area contributed by atoms with Gasteiger partial charge in [0.2, 0.25) is 0 Å². The van der Waals surface area contributed by atoms with E-state index in [2.05, 4.69) is 77.5 Å². The summed E-state index contributed by atoms with van der Waals surface area (Å²) in [5, 5.41) is 9.02. The molecule has 0 aliphatic carbocycles. The van der Waals surface area contributed by atoms with E-state index in [1.807, 2.05) is 0 Å². The molecule has 4 heteroatoms. The van der Waals surface area contributed by atoms with Gasteiger partial charge in [0.25, 0.3) is 0 Å². The second-order valence-corrected chi connectivity index (χ2v) is 5.98. The third-order valence-corrected chi connectivity index (χ3v) is 4.30. The summed E-state index contributed by atoms with van der Waals surface area (Å²) < 4.78 is 0. The third kappa shape index (κ3) is 4.18. The summed E-state index contributed by atoms with van der Waals surface area (Å²) in [6, 6.07) is 17.1. The van der Waals surface area contributed by atoms with E-state index in [0.717, 1.165) is 26.1 Å². The van der Waals surface area contributed by atoms with Crippen molar-refractivity contribution in [3.63, 3.8) is 0 Å². The molecule has 0 spiro atoms. The van der Waals surface area contributed by atoms with Crippen molar-refractivity contribution in [1.29, 1.82) is 0 Å². The summed E-state index contributed by atoms with van der Waals surface area (Å²) in [7, 11) is 2.06. The molecule has 0 saturated heterocycles. The molecule has 0 atom stereocenters. The molecule has 0 radical (unpaired) electrons. The van der Waals surface area contributed by atoms with Gasteiger partial charge < -0.3 is 14.9 Å². The molecule has 0 unspecified atom stereocenters. The van der Waals surface area contributed by atoms with Gasteiger partial charge in [-0.3, -0.25) is 0 Å². The van der Waals surface area contributed by atoms with Gasteiger partial charge in [0.05, 0.1) is 6.61 Å². The lowest BCUT2D eigenvalue weighted by Gasteiger charge is -2.28. The van der Waals surface area contributed by atoms with Gasteiger partial charge in [-0.2, -0.15) is 0 Å². The van der Waals surface area contributed by atoms with E-state index in [9.17, 15) is 0 Å². The molecule has 0 amide bonds. The molecule has 1 heterocycles. The zero-order valence-electron chi connectivity index (χ0n) is 14.1. The molecule has 0 fully saturated rings. The minimum Gasteiger partial charge on any atom is -0.395 e. The lowest BCUT2D eigenvalue weighted by molar-refractivity contribution is 0.221. The zero-order chi connectivity index (χ0) is 16.1. The Morgan fingerprint density at radius 3 is 1.96 bits per heavy atom. The molecule has 3 rings (SSSR count). The Morgan fingerprint density at radius 1 is 0.875 bits per heavy atom. The number of hydrogen-bond acceptors (Lipinski definition) is 3. The highest BCUT2D eigenvalue weighted by Crippen LogP contribution is 2.36. The maximum absolute atomic E-state index is 9.02. The second-order valence-electron chi connectivity index (χ2n) is 5.98. The number of anilines is 2. The molecule has 3 nitrogen and oxygen atoms in total. The van der Waals surface area contributed by atoms with E-state index in [4.69, 9.17) is 5.11 Å². The van der Waals surface area contributed by atoms with Crippen LogP contribution >= 0.6 is 12.4 Å². The minimum absolute atomic E-state index is 0. The van der Waals surface area contributed by atoms with E-state index >= 15 is 0 Å². The van der Waals surface area contributed by atoms with Crippen LogP contribution in [-0.2, 0) is 0 Å². The maximum Gasteiger partial charge on any atom is 0.0558 e. The van der Waals surface area contributed by atoms with Crippen LogP contribution in [0.15, 0.2) is 48.5 Å². The first-order chi connectivity index (χ1) is 11.3. The highest BCUT2D eigenvalue weighted by molar-refractivity contribution is 5.88. The quantitative estimate of drug-likeness (QED) is 0.856. The van der Waals surface area contributed by atoms with Gasteiger partial charge in [-0.1, -0.05) is 48.6 Å². The van der Waals surface area contributed by atoms with E-state index in [1.165, 1.54) is 22.5 Å². The predicted molar refractivity (Wildman–Crippen MR) is 105 cm³/mol. The predicted octanol–water partition coefficient (Wildman–Crippen LogP) is 4.04. The first-order valence-electron chi connectivity index (χ1n) is 8.22. The largest absolute Gasteiger partial charge is 0.395 e. The lowest BCUT2D eigenvalue weighted by atomic mass is 10.1. The van der Waals surface area contributed by atoms with Crippen LogP contribution in [0, 0.1) is 0 Å². The number of aliphatic hydroxyl groups is 1. The number of aliphatic hydroxyl groups excluding tert-OH is 1. The van der Waals surface area contributed by atoms with Gasteiger partial charge >= 0.3 is 0 Å². The molecule has 2 aromatic rings. The fraction of sp³-hybridized carbons (Fsp3) is 0.300. The maximum atomic E-state index is 9.02. The van der Waals surface area contributed by atoms with E-state index in [1.54, 1.807) is 0 Å². The average molecular weight is 345 g/mol. The van der Waals surface area contributed by atoms with Crippen molar-refractivity contribution in [1.82, 2.24) is 4.90 Å². The van der Waals surface area contributed by atoms with E-state index < -0.39 is 0 Å². The second kappa shape index (κ2) is 8.88. The Balaban J connectivity index is 0.00000208. The van der Waals surface area contributed by atoms with Gasteiger partial charge in [0.15, 0.2) is 0 Å². The fourth-order valence-corrected chi connectivity index (χ4v) is 3.08. The standard InChI is InChI=1S/C20H24N2O.ClH/c1-21(15-16-23)13-6-14-22-19-9-4-2-7-17(19)11-12-18-8-3-5-10-20(18)22;/h2-5,7-12,23H,6,13-16H2,1H3;1H. The number of halogens is 1. The summed E-state index contributed by atoms with van der Waals surface area (Å²) in [5.74, 6) is 0. The third-order valence-electron chi connectivity index (χ3n) is 4.30. The Labute approximate surface area is 150 Å². The number of rotatable bonds is 6. The molecule has 1 aliphatic rings. The molecular formula is C20H25ClN2O. The van der Waals surface area contributed by atoms with Crippen LogP contribution in [0.4, 0.5) is 11.4 Å². The van der Waals surface area contributed by atoms with Crippen LogP contribution in [-0.4, -0.2) is 43.3 Å². The van der Waals surface area contributed by atoms with Gasteiger partial charge in [0.1, 0.15) is 0 Å². The van der Waals surface area contributed by atoms with Crippen molar-refractivity contribution >= 4 is 35.9 Å². The Morgan fingerprint density at radius 2 is 1.42 bits per heavy atom. The SMILES string of the molecule is CN(CCO)CCCN1c2ccccc2C=Cc2ccccc21.Cl. The molecule has 0 aromatic heterocycles. The van der Waals surface area contributed by atoms with Crippen molar-refractivity contribution in [2.75, 3.05) is 38.2 Å². The van der Waals surface area contributed by atoms with Gasteiger partial charge in [0, 0.05) is 24.5 Å². The van der Waals surface area contributed by atoms with Crippen molar-refractivity contribution in [2.24, 2.45) is 0 Å². The summed E-state index contributed by atoms with van der Waals surface area (Å²) in [6.45, 7) is 2.89. The Hall–Kier alpha value is -1.81. The Bertz CT molecular complexity index is 637. The van der Waals surface area contributed by atoms with Crippen molar-refractivity contribution in [3.8, 4) is 0 Å². The molecule has 2 aromatic carbocycles. The number of fused-ring (bicyclic) bond motifs is 2. The Kier molecular flexibility index (Phi) is 6.85. The smallest absolute Gasteiger partial charge is 0.0558 e. The molecule has 0 bridgehead atoms. The number of likely N-dealkylation sites (N-methyl/N-ethyl adjacent to an activating group) is 1. The fourth-order valence-electron chi connectivity index (χ4n) is 3.08. The summed E-state index contributed by atoms with van der Waals surface area (Å²) in [4.78, 5) is 4.59. The van der Waals surface area contributed by atoms with E-state index in [-0.39, 0.29) is 19.0 Å². The highest BCUT2D eigenvalue weighted by atomic mass is 35.5. The summed E-state index contributed by atoms with van der Waals surface area (Å²) in [5.41, 5.74) is 5.04. The number of hydrogen-bond donors (Lipinski definition) is 1. The van der Waals surface area contributed by atoms with Crippen LogP contribution in [0.3, 0.4) is 0 Å². The zero-order valence-corrected chi connectivity index (χ0v) is 14.9. The average Bonchev–Trinajstić information content (AvgIpc) is 2.73. The summed E-state index contributed by atoms with van der Waals surface area (Å²) >= 11 is 0. The van der Waals surface area contributed by atoms with Gasteiger partial charge in [-0.15, -0.1) is 12.4 Å². The van der Waals surface area contributed by atoms with Crippen molar-refractivity contribution in [2.45, 2.75) is 6.42 Å². The lowest BCUT2D eigenvalue weighted by Crippen LogP contribution is -2.27. The number of benzene rings is 2. The van der Waals surface area contributed by atoms with Crippen LogP contribution < -0.4 is 4.90 Å². The first-order valence-corrected chi connectivity index (χ1v) is 8.22. The summed E-state index contributed by atoms with van der Waals surface area (Å²) in [6.07, 6.45) is 5.46. The van der Waals surface area contributed by atoms with Crippen LogP contribution in [0.5, 0.6) is 0 Å². The van der Waals surface area contributed by atoms with Gasteiger partial charge in [-0.05, 0) is 43.3 Å². The van der Waals surface area contributed by atoms with Crippen molar-refractivity contribution in [3.05, 3.63) is 59.7 Å². The number of nitrogens with zero attached hydrogens (tertiary/aromatic N) is 2. The molecule has 1 N–H and O–H groups in total. The van der Waals surface area contributed by atoms with E-state index in [0.29, 0.717) is 0 Å². The molecule has 1 aliphatic heterocycles. The first kappa shape index (κ1) is 18.5. The van der Waals surface area contributed by atoms with Crippen LogP contribution in [0.25, 0.3) is 12.2 Å². The number of para-hydroxylation sites is 2. The molecule has 0 saturated carbocycles. The van der Waals surface area contributed by atoms with Crippen LogP contribution in [0.2, 0.25) is 0 Å². The topological polar surface area (TPSA) is 26.7 Å². The highest BCUT2D eigenvalue weighted by Gasteiger charge is 2.17. The monoisotopic (exact) mass is 344 g/mol. The van der Waals surface area contributed by atoms with Crippen molar-refractivity contribution < 1.29 is 5.11 Å². The molecule has 24 heavy (non-hydrogen) atoms. The van der Waals surface area contributed by atoms with Crippen LogP contribution in [0.1, 0.15) is 17.5 Å². The normalized spacial score (nSPS) is 12.4. The van der Waals surface area contributed by atoms with Gasteiger partial charge in [-0.25, -0.2) is 0 Å². The molecule has 128 valence electrons. The molecular weight excluding hydrogens is 320 g/mol. The minimum atomic E-state index is 0.